The number of amides is 1. The Morgan fingerprint density at radius 1 is 1.47 bits per heavy atom. The van der Waals surface area contributed by atoms with Crippen LogP contribution >= 0.6 is 0 Å². The summed E-state index contributed by atoms with van der Waals surface area (Å²) in [7, 11) is 1.49. The van der Waals surface area contributed by atoms with Crippen molar-refractivity contribution in [1.29, 1.82) is 0 Å². The molecule has 1 saturated heterocycles. The van der Waals surface area contributed by atoms with Gasteiger partial charge in [0.2, 0.25) is 0 Å². The van der Waals surface area contributed by atoms with Gasteiger partial charge in [0.15, 0.2) is 0 Å². The van der Waals surface area contributed by atoms with Crippen molar-refractivity contribution in [3.63, 3.8) is 0 Å². The van der Waals surface area contributed by atoms with E-state index in [1.807, 2.05) is 4.90 Å². The predicted molar refractivity (Wildman–Crippen MR) is 62.0 cm³/mol. The van der Waals surface area contributed by atoms with E-state index in [-0.39, 0.29) is 11.9 Å². The average Bonchev–Trinajstić information content (AvgIpc) is 2.67. The fourth-order valence-corrected chi connectivity index (χ4v) is 1.77. The fourth-order valence-electron chi connectivity index (χ4n) is 1.77. The van der Waals surface area contributed by atoms with Crippen molar-refractivity contribution < 1.29 is 9.53 Å². The monoisotopic (exact) mass is 236 g/mol. The molecule has 0 saturated carbocycles. The van der Waals surface area contributed by atoms with E-state index in [2.05, 4.69) is 15.3 Å². The van der Waals surface area contributed by atoms with Crippen molar-refractivity contribution >= 4 is 5.91 Å². The fraction of sp³-hybridized carbons (Fsp3) is 0.545. The normalized spacial score (nSPS) is 16.4. The number of nitrogens with zero attached hydrogens (tertiary/aromatic N) is 3. The van der Waals surface area contributed by atoms with Gasteiger partial charge in [0.25, 0.3) is 5.91 Å². The molecular weight excluding hydrogens is 220 g/mol. The molecule has 1 aliphatic rings. The Balaban J connectivity index is 2.11. The molecule has 0 aliphatic carbocycles. The lowest BCUT2D eigenvalue weighted by Gasteiger charge is -2.19. The zero-order chi connectivity index (χ0) is 12.1. The number of carbonyl (C=O) groups excluding carboxylic acids is 1. The van der Waals surface area contributed by atoms with Crippen LogP contribution in [0.3, 0.4) is 0 Å². The highest BCUT2D eigenvalue weighted by Crippen LogP contribution is 2.07. The predicted octanol–water partition coefficient (Wildman–Crippen LogP) is -0.0793. The first kappa shape index (κ1) is 11.8. The van der Waals surface area contributed by atoms with E-state index in [0.717, 1.165) is 26.1 Å². The smallest absolute Gasteiger partial charge is 0.316 e. The third-order valence-electron chi connectivity index (χ3n) is 2.66. The van der Waals surface area contributed by atoms with Crippen molar-refractivity contribution in [2.45, 2.75) is 6.42 Å². The van der Waals surface area contributed by atoms with Crippen LogP contribution in [0.1, 0.15) is 16.9 Å². The molecule has 0 spiro atoms. The standard InChI is InChI=1S/C11H16N4O2/c1-17-11-13-5-3-9(14-11)10(16)15-7-2-4-12-6-8-15/h3,5,12H,2,4,6-8H2,1H3. The van der Waals surface area contributed by atoms with Gasteiger partial charge in [-0.2, -0.15) is 4.98 Å². The lowest BCUT2D eigenvalue weighted by atomic mass is 10.3. The number of carbonyl (C=O) groups is 1. The Bertz CT molecular complexity index is 389. The van der Waals surface area contributed by atoms with E-state index in [4.69, 9.17) is 4.74 Å². The lowest BCUT2D eigenvalue weighted by molar-refractivity contribution is 0.0759. The molecular formula is C11H16N4O2. The van der Waals surface area contributed by atoms with Gasteiger partial charge >= 0.3 is 6.01 Å². The Morgan fingerprint density at radius 2 is 2.35 bits per heavy atom. The Kier molecular flexibility index (Phi) is 3.87. The molecule has 17 heavy (non-hydrogen) atoms. The van der Waals surface area contributed by atoms with Gasteiger partial charge in [-0.15, -0.1) is 0 Å². The van der Waals surface area contributed by atoms with E-state index in [9.17, 15) is 4.79 Å². The van der Waals surface area contributed by atoms with E-state index in [1.165, 1.54) is 13.3 Å². The van der Waals surface area contributed by atoms with Gasteiger partial charge in [0.05, 0.1) is 7.11 Å². The number of hydrogen-bond acceptors (Lipinski definition) is 5. The van der Waals surface area contributed by atoms with Crippen LogP contribution in [0.15, 0.2) is 12.3 Å². The van der Waals surface area contributed by atoms with Crippen LogP contribution in [-0.4, -0.2) is 54.1 Å². The number of hydrogen-bond donors (Lipinski definition) is 1. The van der Waals surface area contributed by atoms with Gasteiger partial charge in [-0.3, -0.25) is 4.79 Å². The summed E-state index contributed by atoms with van der Waals surface area (Å²) in [4.78, 5) is 21.9. The summed E-state index contributed by atoms with van der Waals surface area (Å²) in [6.45, 7) is 3.26. The molecule has 92 valence electrons. The van der Waals surface area contributed by atoms with Crippen molar-refractivity contribution in [2.24, 2.45) is 0 Å². The number of methoxy groups -OCH3 is 1. The minimum Gasteiger partial charge on any atom is -0.467 e. The van der Waals surface area contributed by atoms with E-state index in [0.29, 0.717) is 12.2 Å². The minimum absolute atomic E-state index is 0.0607. The molecule has 1 N–H and O–H groups in total. The third kappa shape index (κ3) is 2.91. The molecule has 6 heteroatoms. The van der Waals surface area contributed by atoms with Crippen molar-refractivity contribution in [3.8, 4) is 6.01 Å². The Morgan fingerprint density at radius 3 is 3.18 bits per heavy atom. The summed E-state index contributed by atoms with van der Waals surface area (Å²) >= 11 is 0. The summed E-state index contributed by atoms with van der Waals surface area (Å²) in [5, 5.41) is 3.25. The molecule has 0 aromatic carbocycles. The van der Waals surface area contributed by atoms with Crippen LogP contribution in [0.2, 0.25) is 0 Å². The van der Waals surface area contributed by atoms with Crippen LogP contribution in [0, 0.1) is 0 Å². The first-order chi connectivity index (χ1) is 8.31. The van der Waals surface area contributed by atoms with Crippen LogP contribution in [0.5, 0.6) is 6.01 Å². The van der Waals surface area contributed by atoms with Crippen LogP contribution in [-0.2, 0) is 0 Å². The third-order valence-corrected chi connectivity index (χ3v) is 2.66. The second-order valence-electron chi connectivity index (χ2n) is 3.82. The maximum absolute atomic E-state index is 12.2. The highest BCUT2D eigenvalue weighted by molar-refractivity contribution is 5.92. The Hall–Kier alpha value is -1.69. The largest absolute Gasteiger partial charge is 0.467 e. The summed E-state index contributed by atoms with van der Waals surface area (Å²) < 4.78 is 4.91. The summed E-state index contributed by atoms with van der Waals surface area (Å²) in [6.07, 6.45) is 2.50. The summed E-state index contributed by atoms with van der Waals surface area (Å²) in [6, 6.07) is 1.84. The molecule has 1 aliphatic heterocycles. The Labute approximate surface area is 100 Å². The molecule has 1 fully saturated rings. The zero-order valence-electron chi connectivity index (χ0n) is 9.85. The number of aromatic nitrogens is 2. The molecule has 2 rings (SSSR count). The van der Waals surface area contributed by atoms with Gasteiger partial charge in [0, 0.05) is 25.8 Å². The molecule has 1 aromatic heterocycles. The van der Waals surface area contributed by atoms with Crippen molar-refractivity contribution in [1.82, 2.24) is 20.2 Å². The first-order valence-corrected chi connectivity index (χ1v) is 5.68. The molecule has 1 amide bonds. The lowest BCUT2D eigenvalue weighted by Crippen LogP contribution is -2.34. The van der Waals surface area contributed by atoms with Gasteiger partial charge in [-0.25, -0.2) is 4.98 Å². The molecule has 0 radical (unpaired) electrons. The topological polar surface area (TPSA) is 67.3 Å². The van der Waals surface area contributed by atoms with Crippen LogP contribution < -0.4 is 10.1 Å². The highest BCUT2D eigenvalue weighted by Gasteiger charge is 2.18. The van der Waals surface area contributed by atoms with Crippen molar-refractivity contribution in [3.05, 3.63) is 18.0 Å². The average molecular weight is 236 g/mol. The van der Waals surface area contributed by atoms with E-state index < -0.39 is 0 Å². The molecule has 0 atom stereocenters. The molecule has 6 nitrogen and oxygen atoms in total. The summed E-state index contributed by atoms with van der Waals surface area (Å²) in [5.74, 6) is -0.0607. The van der Waals surface area contributed by atoms with Crippen LogP contribution in [0.4, 0.5) is 0 Å². The maximum atomic E-state index is 12.2. The van der Waals surface area contributed by atoms with Gasteiger partial charge in [-0.1, -0.05) is 0 Å². The molecule has 0 unspecified atom stereocenters. The zero-order valence-corrected chi connectivity index (χ0v) is 9.85. The van der Waals surface area contributed by atoms with Crippen molar-refractivity contribution in [2.75, 3.05) is 33.3 Å². The van der Waals surface area contributed by atoms with Gasteiger partial charge < -0.3 is 15.0 Å². The number of nitrogens with one attached hydrogen (secondary N) is 1. The second kappa shape index (κ2) is 5.58. The minimum atomic E-state index is -0.0607. The van der Waals surface area contributed by atoms with Crippen LogP contribution in [0.25, 0.3) is 0 Å². The molecule has 0 bridgehead atoms. The van der Waals surface area contributed by atoms with Gasteiger partial charge in [0.1, 0.15) is 5.69 Å². The highest BCUT2D eigenvalue weighted by atomic mass is 16.5. The van der Waals surface area contributed by atoms with Gasteiger partial charge in [-0.05, 0) is 19.0 Å². The SMILES string of the molecule is COc1nccc(C(=O)N2CCCNCC2)n1. The molecule has 1 aromatic rings. The van der Waals surface area contributed by atoms with E-state index >= 15 is 0 Å². The summed E-state index contributed by atoms with van der Waals surface area (Å²) in [5.41, 5.74) is 0.388. The first-order valence-electron chi connectivity index (χ1n) is 5.68. The number of ether oxygens (including phenoxy) is 1. The van der Waals surface area contributed by atoms with E-state index in [1.54, 1.807) is 6.07 Å². The second-order valence-corrected chi connectivity index (χ2v) is 3.82. The maximum Gasteiger partial charge on any atom is 0.316 e. The molecule has 2 heterocycles. The number of rotatable bonds is 2. The quantitative estimate of drug-likeness (QED) is 0.778.